The number of rotatable bonds is 5. The van der Waals surface area contributed by atoms with Crippen molar-refractivity contribution in [2.24, 2.45) is 0 Å². The minimum absolute atomic E-state index is 0.188. The highest BCUT2D eigenvalue weighted by Crippen LogP contribution is 2.34. The molecule has 0 radical (unpaired) electrons. The molecule has 1 aliphatic rings. The second-order valence-electron chi connectivity index (χ2n) is 5.86. The van der Waals surface area contributed by atoms with Crippen LogP contribution in [0.15, 0.2) is 42.5 Å². The van der Waals surface area contributed by atoms with Crippen LogP contribution < -0.4 is 20.1 Å². The number of carbonyl (C=O) groups excluding carboxylic acids is 1. The van der Waals surface area contributed by atoms with E-state index in [0.29, 0.717) is 35.1 Å². The summed E-state index contributed by atoms with van der Waals surface area (Å²) in [7, 11) is 0. The van der Waals surface area contributed by atoms with Gasteiger partial charge in [-0.15, -0.1) is 0 Å². The Kier molecular flexibility index (Phi) is 4.27. The lowest BCUT2D eigenvalue weighted by molar-refractivity contribution is 0.102. The molecule has 0 saturated heterocycles. The van der Waals surface area contributed by atoms with Gasteiger partial charge in [0.25, 0.3) is 5.91 Å². The number of carbonyl (C=O) groups is 1. The van der Waals surface area contributed by atoms with Crippen LogP contribution in [0.25, 0.3) is 11.0 Å². The normalized spacial score (nSPS) is 12.2. The number of hydrogen-bond donors (Lipinski definition) is 2. The quantitative estimate of drug-likeness (QED) is 0.733. The molecule has 0 fully saturated rings. The number of amides is 1. The Hall–Kier alpha value is -3.35. The summed E-state index contributed by atoms with van der Waals surface area (Å²) < 4.78 is 10.6. The summed E-state index contributed by atoms with van der Waals surface area (Å²) in [6.07, 6.45) is 0.914. The lowest BCUT2D eigenvalue weighted by Crippen LogP contribution is -2.18. The maximum Gasteiger partial charge on any atom is 0.278 e. The number of aromatic nitrogens is 2. The Bertz CT molecular complexity index is 974. The second kappa shape index (κ2) is 6.87. The molecule has 4 rings (SSSR count). The fraction of sp³-hybridized carbons (Fsp3) is 0.211. The molecule has 1 aromatic heterocycles. The van der Waals surface area contributed by atoms with Crippen molar-refractivity contribution in [3.05, 3.63) is 48.2 Å². The van der Waals surface area contributed by atoms with Gasteiger partial charge in [0, 0.05) is 18.3 Å². The summed E-state index contributed by atoms with van der Waals surface area (Å²) in [4.78, 5) is 21.9. The molecule has 7 heteroatoms. The minimum atomic E-state index is -0.333. The average Bonchev–Trinajstić information content (AvgIpc) is 3.13. The van der Waals surface area contributed by atoms with E-state index in [2.05, 4.69) is 20.6 Å². The number of nitrogens with zero attached hydrogens (tertiary/aromatic N) is 2. The maximum absolute atomic E-state index is 12.8. The van der Waals surface area contributed by atoms with Crippen molar-refractivity contribution in [1.29, 1.82) is 0 Å². The molecule has 2 N–H and O–H groups in total. The van der Waals surface area contributed by atoms with Crippen LogP contribution in [0.3, 0.4) is 0 Å². The van der Waals surface area contributed by atoms with E-state index < -0.39 is 0 Å². The van der Waals surface area contributed by atoms with Crippen LogP contribution in [0.2, 0.25) is 0 Å². The van der Waals surface area contributed by atoms with Crippen molar-refractivity contribution >= 4 is 28.4 Å². The van der Waals surface area contributed by atoms with Gasteiger partial charge in [-0.25, -0.2) is 9.97 Å². The second-order valence-corrected chi connectivity index (χ2v) is 5.86. The highest BCUT2D eigenvalue weighted by atomic mass is 16.7. The molecule has 1 aliphatic heterocycles. The number of para-hydroxylation sites is 2. The molecule has 7 nitrogen and oxygen atoms in total. The van der Waals surface area contributed by atoms with E-state index in [-0.39, 0.29) is 18.4 Å². The number of benzene rings is 2. The first-order chi connectivity index (χ1) is 12.7. The van der Waals surface area contributed by atoms with Crippen molar-refractivity contribution in [3.63, 3.8) is 0 Å². The van der Waals surface area contributed by atoms with Crippen LogP contribution in [0.1, 0.15) is 23.8 Å². The van der Waals surface area contributed by atoms with Gasteiger partial charge in [0.15, 0.2) is 23.0 Å². The van der Waals surface area contributed by atoms with Gasteiger partial charge in [-0.2, -0.15) is 0 Å². The van der Waals surface area contributed by atoms with Gasteiger partial charge in [-0.3, -0.25) is 4.79 Å². The van der Waals surface area contributed by atoms with Crippen LogP contribution >= 0.6 is 0 Å². The fourth-order valence-corrected chi connectivity index (χ4v) is 2.69. The van der Waals surface area contributed by atoms with Gasteiger partial charge in [0.1, 0.15) is 0 Å². The number of ether oxygens (including phenoxy) is 2. The zero-order valence-electron chi connectivity index (χ0n) is 14.3. The van der Waals surface area contributed by atoms with Crippen LogP contribution in [0, 0.1) is 0 Å². The van der Waals surface area contributed by atoms with Crippen LogP contribution in [0.4, 0.5) is 11.5 Å². The summed E-state index contributed by atoms with van der Waals surface area (Å²) in [5.74, 6) is 1.42. The van der Waals surface area contributed by atoms with Crippen LogP contribution in [-0.4, -0.2) is 29.2 Å². The summed E-state index contributed by atoms with van der Waals surface area (Å²) in [6.45, 7) is 2.94. The molecule has 0 saturated carbocycles. The molecule has 3 aromatic rings. The van der Waals surface area contributed by atoms with E-state index in [9.17, 15) is 4.79 Å². The molecule has 0 bridgehead atoms. The van der Waals surface area contributed by atoms with Gasteiger partial charge in [0.2, 0.25) is 6.79 Å². The van der Waals surface area contributed by atoms with Crippen molar-refractivity contribution in [1.82, 2.24) is 9.97 Å². The topological polar surface area (TPSA) is 85.4 Å². The van der Waals surface area contributed by atoms with Crippen LogP contribution in [-0.2, 0) is 0 Å². The van der Waals surface area contributed by atoms with Crippen molar-refractivity contribution in [2.45, 2.75) is 13.3 Å². The maximum atomic E-state index is 12.8. The van der Waals surface area contributed by atoms with Crippen LogP contribution in [0.5, 0.6) is 11.5 Å². The van der Waals surface area contributed by atoms with Crippen molar-refractivity contribution in [3.8, 4) is 11.5 Å². The van der Waals surface area contributed by atoms with Gasteiger partial charge < -0.3 is 20.1 Å². The lowest BCUT2D eigenvalue weighted by Gasteiger charge is -2.12. The SMILES string of the molecule is CCCNc1nc2ccccc2nc1C(=O)Nc1ccc2c(c1)OCO2. The molecular formula is C19H18N4O3. The molecule has 26 heavy (non-hydrogen) atoms. The Balaban J connectivity index is 1.66. The Labute approximate surface area is 150 Å². The molecule has 0 spiro atoms. The van der Waals surface area contributed by atoms with E-state index in [4.69, 9.17) is 9.47 Å². The molecule has 0 unspecified atom stereocenters. The highest BCUT2D eigenvalue weighted by molar-refractivity contribution is 6.07. The molecule has 1 amide bonds. The zero-order chi connectivity index (χ0) is 17.9. The largest absolute Gasteiger partial charge is 0.454 e. The van der Waals surface area contributed by atoms with E-state index in [1.807, 2.05) is 31.2 Å². The summed E-state index contributed by atoms with van der Waals surface area (Å²) in [6, 6.07) is 12.7. The third-order valence-electron chi connectivity index (χ3n) is 3.96. The predicted octanol–water partition coefficient (Wildman–Crippen LogP) is 3.43. The number of anilines is 2. The highest BCUT2D eigenvalue weighted by Gasteiger charge is 2.18. The predicted molar refractivity (Wildman–Crippen MR) is 98.8 cm³/mol. The molecule has 2 aromatic carbocycles. The third kappa shape index (κ3) is 3.11. The van der Waals surface area contributed by atoms with Gasteiger partial charge in [-0.1, -0.05) is 19.1 Å². The molecule has 132 valence electrons. The zero-order valence-corrected chi connectivity index (χ0v) is 14.3. The first-order valence-electron chi connectivity index (χ1n) is 8.46. The van der Waals surface area contributed by atoms with E-state index in [1.54, 1.807) is 18.2 Å². The molecule has 0 atom stereocenters. The summed E-state index contributed by atoms with van der Waals surface area (Å²) in [5, 5.41) is 6.04. The minimum Gasteiger partial charge on any atom is -0.454 e. The van der Waals surface area contributed by atoms with Crippen molar-refractivity contribution in [2.75, 3.05) is 24.0 Å². The van der Waals surface area contributed by atoms with E-state index >= 15 is 0 Å². The standard InChI is InChI=1S/C19H18N4O3/c1-2-9-20-18-17(22-13-5-3-4-6-14(13)23-18)19(24)21-12-7-8-15-16(10-12)26-11-25-15/h3-8,10H,2,9,11H2,1H3,(H,20,23)(H,21,24). The summed E-state index contributed by atoms with van der Waals surface area (Å²) >= 11 is 0. The number of hydrogen-bond acceptors (Lipinski definition) is 6. The fourth-order valence-electron chi connectivity index (χ4n) is 2.69. The van der Waals surface area contributed by atoms with Gasteiger partial charge >= 0.3 is 0 Å². The molecule has 2 heterocycles. The smallest absolute Gasteiger partial charge is 0.278 e. The average molecular weight is 350 g/mol. The summed E-state index contributed by atoms with van der Waals surface area (Å²) in [5.41, 5.74) is 2.28. The first-order valence-corrected chi connectivity index (χ1v) is 8.46. The Morgan fingerprint density at radius 3 is 2.65 bits per heavy atom. The number of fused-ring (bicyclic) bond motifs is 2. The Morgan fingerprint density at radius 1 is 1.08 bits per heavy atom. The number of nitrogens with one attached hydrogen (secondary N) is 2. The lowest BCUT2D eigenvalue weighted by atomic mass is 10.2. The monoisotopic (exact) mass is 350 g/mol. The van der Waals surface area contributed by atoms with E-state index in [0.717, 1.165) is 11.9 Å². The Morgan fingerprint density at radius 2 is 1.85 bits per heavy atom. The molecule has 0 aliphatic carbocycles. The van der Waals surface area contributed by atoms with Gasteiger partial charge in [0.05, 0.1) is 11.0 Å². The van der Waals surface area contributed by atoms with Crippen molar-refractivity contribution < 1.29 is 14.3 Å². The molecular weight excluding hydrogens is 332 g/mol. The van der Waals surface area contributed by atoms with E-state index in [1.165, 1.54) is 0 Å². The van der Waals surface area contributed by atoms with Gasteiger partial charge in [-0.05, 0) is 30.7 Å². The first kappa shape index (κ1) is 16.1. The third-order valence-corrected chi connectivity index (χ3v) is 3.96.